The molecule has 21 heavy (non-hydrogen) atoms. The first kappa shape index (κ1) is 14.6. The van der Waals surface area contributed by atoms with Crippen LogP contribution in [0.3, 0.4) is 0 Å². The quantitative estimate of drug-likeness (QED) is 0.855. The summed E-state index contributed by atoms with van der Waals surface area (Å²) in [6.45, 7) is 2.64. The van der Waals surface area contributed by atoms with Crippen molar-refractivity contribution in [1.82, 2.24) is 14.7 Å². The fourth-order valence-electron chi connectivity index (χ4n) is 3.58. The molecule has 1 aromatic rings. The zero-order valence-corrected chi connectivity index (χ0v) is 12.9. The highest BCUT2D eigenvalue weighted by atomic mass is 16.5. The van der Waals surface area contributed by atoms with Gasteiger partial charge in [0.05, 0.1) is 11.8 Å². The first-order chi connectivity index (χ1) is 10.2. The van der Waals surface area contributed by atoms with Gasteiger partial charge in [0, 0.05) is 39.4 Å². The number of hydrogen-bond donors (Lipinski definition) is 0. The maximum atomic E-state index is 12.4. The lowest BCUT2D eigenvalue weighted by Crippen LogP contribution is -2.34. The third-order valence-electron chi connectivity index (χ3n) is 4.82. The molecule has 5 heteroatoms. The molecule has 2 aliphatic rings. The Morgan fingerprint density at radius 2 is 2.19 bits per heavy atom. The van der Waals surface area contributed by atoms with Crippen LogP contribution >= 0.6 is 0 Å². The Hall–Kier alpha value is -1.36. The van der Waals surface area contributed by atoms with Crippen LogP contribution < -0.4 is 0 Å². The Morgan fingerprint density at radius 3 is 2.90 bits per heavy atom. The monoisotopic (exact) mass is 291 g/mol. The Balaban J connectivity index is 1.50. The molecule has 0 aromatic carbocycles. The molecule has 2 fully saturated rings. The standard InChI is InChI=1S/C16H25N3O2/c1-18-13-14(12-17-18)4-5-15(20)19-9-2-6-16(8-10-19)7-3-11-21-16/h12-13H,2-11H2,1H3. The van der Waals surface area contributed by atoms with E-state index in [4.69, 9.17) is 4.74 Å². The van der Waals surface area contributed by atoms with Crippen LogP contribution in [0.2, 0.25) is 0 Å². The third kappa shape index (κ3) is 3.46. The van der Waals surface area contributed by atoms with E-state index >= 15 is 0 Å². The van der Waals surface area contributed by atoms with E-state index in [0.717, 1.165) is 50.9 Å². The molecule has 1 amide bonds. The average Bonchev–Trinajstić information content (AvgIpc) is 3.03. The maximum absolute atomic E-state index is 12.4. The van der Waals surface area contributed by atoms with Gasteiger partial charge in [0.2, 0.25) is 5.91 Å². The van der Waals surface area contributed by atoms with Gasteiger partial charge in [0.25, 0.3) is 0 Å². The summed E-state index contributed by atoms with van der Waals surface area (Å²) in [6, 6.07) is 0. The fraction of sp³-hybridized carbons (Fsp3) is 0.750. The number of likely N-dealkylation sites (tertiary alicyclic amines) is 1. The van der Waals surface area contributed by atoms with E-state index in [-0.39, 0.29) is 11.5 Å². The molecule has 1 aromatic heterocycles. The minimum atomic E-state index is 0.0817. The molecular weight excluding hydrogens is 266 g/mol. The summed E-state index contributed by atoms with van der Waals surface area (Å²) in [4.78, 5) is 14.4. The van der Waals surface area contributed by atoms with Crippen LogP contribution in [-0.4, -0.2) is 45.9 Å². The Morgan fingerprint density at radius 1 is 1.33 bits per heavy atom. The van der Waals surface area contributed by atoms with Gasteiger partial charge in [-0.1, -0.05) is 0 Å². The molecule has 0 aliphatic carbocycles. The largest absolute Gasteiger partial charge is 0.375 e. The van der Waals surface area contributed by atoms with Crippen LogP contribution in [0.1, 0.15) is 44.1 Å². The van der Waals surface area contributed by atoms with Crippen molar-refractivity contribution in [3.05, 3.63) is 18.0 Å². The van der Waals surface area contributed by atoms with Gasteiger partial charge in [-0.15, -0.1) is 0 Å². The van der Waals surface area contributed by atoms with Crippen LogP contribution in [0, 0.1) is 0 Å². The topological polar surface area (TPSA) is 47.4 Å². The van der Waals surface area contributed by atoms with E-state index < -0.39 is 0 Å². The van der Waals surface area contributed by atoms with E-state index in [9.17, 15) is 4.79 Å². The van der Waals surface area contributed by atoms with Crippen LogP contribution in [0.5, 0.6) is 0 Å². The summed E-state index contributed by atoms with van der Waals surface area (Å²) >= 11 is 0. The van der Waals surface area contributed by atoms with Crippen molar-refractivity contribution in [2.45, 2.75) is 50.5 Å². The van der Waals surface area contributed by atoms with Gasteiger partial charge in [-0.25, -0.2) is 0 Å². The zero-order valence-electron chi connectivity index (χ0n) is 12.9. The Kier molecular flexibility index (Phi) is 4.29. The molecule has 2 saturated heterocycles. The summed E-state index contributed by atoms with van der Waals surface area (Å²) in [5.74, 6) is 0.272. The number of amides is 1. The van der Waals surface area contributed by atoms with Crippen LogP contribution in [0.15, 0.2) is 12.4 Å². The first-order valence-corrected chi connectivity index (χ1v) is 8.06. The first-order valence-electron chi connectivity index (χ1n) is 8.06. The number of aryl methyl sites for hydroxylation is 2. The zero-order chi connectivity index (χ0) is 14.7. The van der Waals surface area contributed by atoms with Gasteiger partial charge in [-0.05, 0) is 44.1 Å². The highest BCUT2D eigenvalue weighted by molar-refractivity contribution is 5.76. The van der Waals surface area contributed by atoms with E-state index in [0.29, 0.717) is 6.42 Å². The van der Waals surface area contributed by atoms with E-state index in [2.05, 4.69) is 5.10 Å². The van der Waals surface area contributed by atoms with Crippen molar-refractivity contribution in [3.63, 3.8) is 0 Å². The average molecular weight is 291 g/mol. The SMILES string of the molecule is Cn1cc(CCC(=O)N2CCCC3(CCCO3)CC2)cn1. The second kappa shape index (κ2) is 6.18. The van der Waals surface area contributed by atoms with Crippen molar-refractivity contribution in [2.24, 2.45) is 7.05 Å². The molecule has 0 bridgehead atoms. The number of ether oxygens (including phenoxy) is 1. The van der Waals surface area contributed by atoms with E-state index in [1.165, 1.54) is 12.8 Å². The normalized spacial score (nSPS) is 26.2. The number of hydrogen-bond acceptors (Lipinski definition) is 3. The van der Waals surface area contributed by atoms with E-state index in [1.54, 1.807) is 4.68 Å². The molecule has 116 valence electrons. The summed E-state index contributed by atoms with van der Waals surface area (Å²) in [5, 5.41) is 4.15. The summed E-state index contributed by atoms with van der Waals surface area (Å²) in [6.07, 6.45) is 10.7. The number of carbonyl (C=O) groups excluding carboxylic acids is 1. The van der Waals surface area contributed by atoms with Crippen LogP contribution in [0.25, 0.3) is 0 Å². The number of nitrogens with zero attached hydrogens (tertiary/aromatic N) is 3. The highest BCUT2D eigenvalue weighted by Gasteiger charge is 2.37. The molecule has 3 heterocycles. The van der Waals surface area contributed by atoms with Gasteiger partial charge in [0.15, 0.2) is 0 Å². The summed E-state index contributed by atoms with van der Waals surface area (Å²) in [5.41, 5.74) is 1.22. The predicted molar refractivity (Wildman–Crippen MR) is 79.9 cm³/mol. The summed E-state index contributed by atoms with van der Waals surface area (Å²) < 4.78 is 7.76. The molecule has 1 spiro atoms. The van der Waals surface area contributed by atoms with Gasteiger partial charge in [0.1, 0.15) is 0 Å². The Labute approximate surface area is 126 Å². The lowest BCUT2D eigenvalue weighted by Gasteiger charge is -2.27. The van der Waals surface area contributed by atoms with E-state index in [1.807, 2.05) is 24.3 Å². The minimum Gasteiger partial charge on any atom is -0.375 e. The number of rotatable bonds is 3. The third-order valence-corrected chi connectivity index (χ3v) is 4.82. The molecule has 0 radical (unpaired) electrons. The number of carbonyl (C=O) groups is 1. The van der Waals surface area contributed by atoms with Crippen molar-refractivity contribution in [1.29, 1.82) is 0 Å². The molecule has 5 nitrogen and oxygen atoms in total. The lowest BCUT2D eigenvalue weighted by atomic mass is 9.92. The van der Waals surface area contributed by atoms with Gasteiger partial charge < -0.3 is 9.64 Å². The van der Waals surface area contributed by atoms with Gasteiger partial charge in [-0.2, -0.15) is 5.10 Å². The smallest absolute Gasteiger partial charge is 0.222 e. The molecular formula is C16H25N3O2. The van der Waals surface area contributed by atoms with Crippen molar-refractivity contribution in [3.8, 4) is 0 Å². The summed E-state index contributed by atoms with van der Waals surface area (Å²) in [7, 11) is 1.90. The van der Waals surface area contributed by atoms with Crippen LogP contribution in [-0.2, 0) is 23.0 Å². The predicted octanol–water partition coefficient (Wildman–Crippen LogP) is 1.91. The van der Waals surface area contributed by atoms with Crippen molar-refractivity contribution in [2.75, 3.05) is 19.7 Å². The molecule has 1 atom stereocenters. The highest BCUT2D eigenvalue weighted by Crippen LogP contribution is 2.35. The van der Waals surface area contributed by atoms with Crippen LogP contribution in [0.4, 0.5) is 0 Å². The molecule has 2 aliphatic heterocycles. The maximum Gasteiger partial charge on any atom is 0.222 e. The van der Waals surface area contributed by atoms with Gasteiger partial charge >= 0.3 is 0 Å². The molecule has 0 N–H and O–H groups in total. The number of aromatic nitrogens is 2. The van der Waals surface area contributed by atoms with Crippen molar-refractivity contribution >= 4 is 5.91 Å². The molecule has 0 saturated carbocycles. The molecule has 3 rings (SSSR count). The molecule has 1 unspecified atom stereocenters. The second-order valence-corrected chi connectivity index (χ2v) is 6.39. The van der Waals surface area contributed by atoms with Gasteiger partial charge in [-0.3, -0.25) is 9.48 Å². The lowest BCUT2D eigenvalue weighted by molar-refractivity contribution is -0.131. The fourth-order valence-corrected chi connectivity index (χ4v) is 3.58. The Bertz CT molecular complexity index is 491. The second-order valence-electron chi connectivity index (χ2n) is 6.39. The minimum absolute atomic E-state index is 0.0817. The van der Waals surface area contributed by atoms with Crippen molar-refractivity contribution < 1.29 is 9.53 Å².